The van der Waals surface area contributed by atoms with Crippen molar-refractivity contribution in [1.29, 1.82) is 0 Å². The topological polar surface area (TPSA) is 117 Å². The molecule has 0 saturated carbocycles. The molecule has 1 rings (SSSR count). The molecule has 0 aliphatic carbocycles. The van der Waals surface area contributed by atoms with E-state index in [1.54, 1.807) is 6.20 Å². The zero-order valence-electron chi connectivity index (χ0n) is 16.4. The molecular formula is C17H30N4O5S. The maximum absolute atomic E-state index is 11.2. The first kappa shape index (κ1) is 23.4. The van der Waals surface area contributed by atoms with Gasteiger partial charge in [-0.3, -0.25) is 0 Å². The van der Waals surface area contributed by atoms with E-state index in [2.05, 4.69) is 15.3 Å². The Hall–Kier alpha value is -1.62. The van der Waals surface area contributed by atoms with Crippen LogP contribution < -0.4 is 5.32 Å². The number of nitrogens with one attached hydrogen (secondary N) is 1. The maximum Gasteiger partial charge on any atom is 0.407 e. The first-order chi connectivity index (χ1) is 12.8. The van der Waals surface area contributed by atoms with E-state index in [0.29, 0.717) is 56.1 Å². The van der Waals surface area contributed by atoms with E-state index in [1.807, 2.05) is 27.0 Å². The molecule has 0 atom stereocenters. The molecule has 154 valence electrons. The summed E-state index contributed by atoms with van der Waals surface area (Å²) in [6.45, 7) is 7.84. The van der Waals surface area contributed by atoms with Gasteiger partial charge < -0.3 is 29.9 Å². The second-order valence-corrected chi connectivity index (χ2v) is 7.42. The number of thioether (sulfide) groups is 1. The fourth-order valence-electron chi connectivity index (χ4n) is 2.20. The molecule has 0 bridgehead atoms. The molecule has 27 heavy (non-hydrogen) atoms. The second kappa shape index (κ2) is 12.0. The number of aliphatic hydroxyl groups is 1. The number of ether oxygens (including phenoxy) is 2. The van der Waals surface area contributed by atoms with Crippen LogP contribution in [-0.2, 0) is 16.1 Å². The summed E-state index contributed by atoms with van der Waals surface area (Å²) in [6.07, 6.45) is 2.54. The number of carbonyl (C=O) groups is 1. The Bertz CT molecular complexity index is 583. The molecule has 0 saturated heterocycles. The molecule has 1 heterocycles. The Labute approximate surface area is 164 Å². The lowest BCUT2D eigenvalue weighted by atomic mass is 10.1. The number of nitrogens with zero attached hydrogens (tertiary/aromatic N) is 3. The molecule has 0 aromatic carbocycles. The average molecular weight is 403 g/mol. The molecule has 0 aliphatic heterocycles. The monoisotopic (exact) mass is 402 g/mol. The standard InChI is InChI=1S/C17H30N4O5S/c1-17(2,3)21(16(23)24)6-8-26-10-9-25-7-5-18-14-13(12-22)11-19-15(20-14)27-4/h11,22H,5-10,12H2,1-4H3,(H,23,24)(H,18,19,20). The van der Waals surface area contributed by atoms with E-state index in [4.69, 9.17) is 9.47 Å². The minimum Gasteiger partial charge on any atom is -0.465 e. The number of hydrogen-bond donors (Lipinski definition) is 3. The Morgan fingerprint density at radius 3 is 2.48 bits per heavy atom. The van der Waals surface area contributed by atoms with Crippen molar-refractivity contribution in [3.05, 3.63) is 11.8 Å². The fraction of sp³-hybridized carbons (Fsp3) is 0.706. The van der Waals surface area contributed by atoms with Crippen molar-refractivity contribution in [3.8, 4) is 0 Å². The van der Waals surface area contributed by atoms with Crippen LogP contribution in [0.3, 0.4) is 0 Å². The van der Waals surface area contributed by atoms with Crippen molar-refractivity contribution in [2.75, 3.05) is 51.1 Å². The first-order valence-corrected chi connectivity index (χ1v) is 9.92. The Kier molecular flexibility index (Phi) is 10.4. The summed E-state index contributed by atoms with van der Waals surface area (Å²) in [4.78, 5) is 21.0. The van der Waals surface area contributed by atoms with Crippen molar-refractivity contribution in [2.45, 2.75) is 38.1 Å². The maximum atomic E-state index is 11.2. The van der Waals surface area contributed by atoms with Crippen LogP contribution in [0.1, 0.15) is 26.3 Å². The van der Waals surface area contributed by atoms with Crippen LogP contribution >= 0.6 is 11.8 Å². The molecule has 0 unspecified atom stereocenters. The van der Waals surface area contributed by atoms with E-state index in [9.17, 15) is 15.0 Å². The molecule has 9 nitrogen and oxygen atoms in total. The van der Waals surface area contributed by atoms with Crippen LogP contribution in [-0.4, -0.2) is 82.5 Å². The lowest BCUT2D eigenvalue weighted by Gasteiger charge is -2.32. The van der Waals surface area contributed by atoms with Gasteiger partial charge in [-0.25, -0.2) is 14.8 Å². The number of rotatable bonds is 12. The van der Waals surface area contributed by atoms with E-state index < -0.39 is 11.6 Å². The molecule has 0 aliphatic rings. The zero-order valence-corrected chi connectivity index (χ0v) is 17.2. The Balaban J connectivity index is 2.17. The lowest BCUT2D eigenvalue weighted by molar-refractivity contribution is 0.0297. The average Bonchev–Trinajstić information content (AvgIpc) is 2.61. The van der Waals surface area contributed by atoms with Crippen molar-refractivity contribution in [1.82, 2.24) is 14.9 Å². The summed E-state index contributed by atoms with van der Waals surface area (Å²) >= 11 is 1.43. The highest BCUT2D eigenvalue weighted by Crippen LogP contribution is 2.16. The minimum absolute atomic E-state index is 0.131. The van der Waals surface area contributed by atoms with Gasteiger partial charge in [0.05, 0.1) is 33.0 Å². The third-order valence-electron chi connectivity index (χ3n) is 3.61. The van der Waals surface area contributed by atoms with Crippen LogP contribution in [0.25, 0.3) is 0 Å². The van der Waals surface area contributed by atoms with Crippen LogP contribution in [0.5, 0.6) is 0 Å². The SMILES string of the molecule is CSc1ncc(CO)c(NCCOCCOCCN(C(=O)O)C(C)(C)C)n1. The smallest absolute Gasteiger partial charge is 0.407 e. The summed E-state index contributed by atoms with van der Waals surface area (Å²) in [6, 6.07) is 0. The van der Waals surface area contributed by atoms with Crippen LogP contribution in [0.15, 0.2) is 11.4 Å². The third kappa shape index (κ3) is 8.74. The van der Waals surface area contributed by atoms with Crippen LogP contribution in [0, 0.1) is 0 Å². The van der Waals surface area contributed by atoms with Crippen molar-refractivity contribution < 1.29 is 24.5 Å². The summed E-state index contributed by atoms with van der Waals surface area (Å²) in [5, 5.41) is 22.3. The predicted molar refractivity (Wildman–Crippen MR) is 104 cm³/mol. The first-order valence-electron chi connectivity index (χ1n) is 8.70. The molecule has 1 aromatic heterocycles. The molecular weight excluding hydrogens is 372 g/mol. The minimum atomic E-state index is -0.954. The number of anilines is 1. The van der Waals surface area contributed by atoms with Gasteiger partial charge in [0.25, 0.3) is 0 Å². The molecule has 0 radical (unpaired) electrons. The van der Waals surface area contributed by atoms with Gasteiger partial charge >= 0.3 is 6.09 Å². The number of aromatic nitrogens is 2. The summed E-state index contributed by atoms with van der Waals surface area (Å²) < 4.78 is 10.9. The van der Waals surface area contributed by atoms with Gasteiger partial charge in [-0.1, -0.05) is 11.8 Å². The largest absolute Gasteiger partial charge is 0.465 e. The molecule has 0 fully saturated rings. The van der Waals surface area contributed by atoms with Crippen LogP contribution in [0.2, 0.25) is 0 Å². The Morgan fingerprint density at radius 1 is 1.26 bits per heavy atom. The molecule has 10 heteroatoms. The highest BCUT2D eigenvalue weighted by atomic mass is 32.2. The van der Waals surface area contributed by atoms with Gasteiger partial charge in [0.15, 0.2) is 5.16 Å². The van der Waals surface area contributed by atoms with Crippen molar-refractivity contribution >= 4 is 23.7 Å². The fourth-order valence-corrected chi connectivity index (χ4v) is 2.54. The van der Waals surface area contributed by atoms with Crippen LogP contribution in [0.4, 0.5) is 10.6 Å². The van der Waals surface area contributed by atoms with Crippen molar-refractivity contribution in [2.24, 2.45) is 0 Å². The number of amides is 1. The molecule has 3 N–H and O–H groups in total. The van der Waals surface area contributed by atoms with Gasteiger partial charge in [0.2, 0.25) is 0 Å². The van der Waals surface area contributed by atoms with E-state index >= 15 is 0 Å². The predicted octanol–water partition coefficient (Wildman–Crippen LogP) is 1.91. The second-order valence-electron chi connectivity index (χ2n) is 6.65. The highest BCUT2D eigenvalue weighted by molar-refractivity contribution is 7.98. The normalized spacial score (nSPS) is 11.4. The number of aliphatic hydroxyl groups excluding tert-OH is 1. The zero-order chi connectivity index (χ0) is 20.3. The summed E-state index contributed by atoms with van der Waals surface area (Å²) in [5.41, 5.74) is 0.181. The highest BCUT2D eigenvalue weighted by Gasteiger charge is 2.25. The summed E-state index contributed by atoms with van der Waals surface area (Å²) in [5.74, 6) is 0.604. The lowest BCUT2D eigenvalue weighted by Crippen LogP contribution is -2.46. The van der Waals surface area contributed by atoms with Gasteiger partial charge in [-0.2, -0.15) is 0 Å². The van der Waals surface area contributed by atoms with Gasteiger partial charge in [-0.15, -0.1) is 0 Å². The third-order valence-corrected chi connectivity index (χ3v) is 4.17. The van der Waals surface area contributed by atoms with Gasteiger partial charge in [0.1, 0.15) is 5.82 Å². The van der Waals surface area contributed by atoms with E-state index in [-0.39, 0.29) is 6.61 Å². The van der Waals surface area contributed by atoms with E-state index in [0.717, 1.165) is 0 Å². The molecule has 1 amide bonds. The Morgan fingerprint density at radius 2 is 1.93 bits per heavy atom. The van der Waals surface area contributed by atoms with Crippen molar-refractivity contribution in [3.63, 3.8) is 0 Å². The van der Waals surface area contributed by atoms with Gasteiger partial charge in [-0.05, 0) is 27.0 Å². The van der Waals surface area contributed by atoms with Gasteiger partial charge in [0, 0.05) is 30.4 Å². The van der Waals surface area contributed by atoms with E-state index in [1.165, 1.54) is 16.7 Å². The molecule has 0 spiro atoms. The molecule has 1 aromatic rings. The quantitative estimate of drug-likeness (QED) is 0.274. The summed E-state index contributed by atoms with van der Waals surface area (Å²) in [7, 11) is 0. The number of hydrogen-bond acceptors (Lipinski definition) is 8. The number of carboxylic acid groups (broad SMARTS) is 1.